The third kappa shape index (κ3) is 3.32. The predicted molar refractivity (Wildman–Crippen MR) is 112 cm³/mol. The van der Waals surface area contributed by atoms with Gasteiger partial charge in [-0.05, 0) is 36.8 Å². The van der Waals surface area contributed by atoms with Crippen molar-refractivity contribution in [2.75, 3.05) is 19.5 Å². The van der Waals surface area contributed by atoms with Crippen molar-refractivity contribution in [3.8, 4) is 22.8 Å². The third-order valence-corrected chi connectivity index (χ3v) is 5.16. The number of benzene rings is 2. The van der Waals surface area contributed by atoms with Crippen LogP contribution in [0.2, 0.25) is 0 Å². The van der Waals surface area contributed by atoms with Crippen molar-refractivity contribution in [2.24, 2.45) is 0 Å². The van der Waals surface area contributed by atoms with E-state index in [2.05, 4.69) is 15.3 Å². The molecule has 0 aliphatic rings. The van der Waals surface area contributed by atoms with Crippen molar-refractivity contribution in [2.45, 2.75) is 6.92 Å². The van der Waals surface area contributed by atoms with Gasteiger partial charge in [-0.25, -0.2) is 4.98 Å². The Hall–Kier alpha value is -3.32. The molecule has 6 nitrogen and oxygen atoms in total. The van der Waals surface area contributed by atoms with E-state index in [1.54, 1.807) is 14.2 Å². The maximum atomic E-state index is 12.6. The van der Waals surface area contributed by atoms with E-state index in [1.807, 2.05) is 54.8 Å². The zero-order valence-electron chi connectivity index (χ0n) is 15.7. The van der Waals surface area contributed by atoms with E-state index in [1.165, 1.54) is 11.3 Å². The molecular weight excluding hydrogens is 374 g/mol. The highest BCUT2D eigenvalue weighted by Crippen LogP contribution is 2.40. The summed E-state index contributed by atoms with van der Waals surface area (Å²) in [5, 5.41) is 6.21. The van der Waals surface area contributed by atoms with Crippen molar-refractivity contribution < 1.29 is 14.3 Å². The summed E-state index contributed by atoms with van der Waals surface area (Å²) < 4.78 is 11.0. The number of carbonyl (C=O) groups is 1. The fraction of sp³-hybridized carbons (Fsp3) is 0.143. The lowest BCUT2D eigenvalue weighted by atomic mass is 10.1. The Balaban J connectivity index is 1.62. The minimum atomic E-state index is -0.236. The van der Waals surface area contributed by atoms with Crippen LogP contribution in [-0.4, -0.2) is 30.1 Å². The SMILES string of the molecule is COc1cc(C)cc(OC)c1-c1csc(NC(=O)c2cc3ccccc3[nH]2)n1. The van der Waals surface area contributed by atoms with Crippen molar-refractivity contribution in [3.05, 3.63) is 59.1 Å². The molecular formula is C21H19N3O3S. The van der Waals surface area contributed by atoms with Crippen LogP contribution in [0.4, 0.5) is 5.13 Å². The number of H-pyrrole nitrogens is 1. The molecule has 28 heavy (non-hydrogen) atoms. The van der Waals surface area contributed by atoms with E-state index in [9.17, 15) is 4.79 Å². The van der Waals surface area contributed by atoms with Gasteiger partial charge in [0.2, 0.25) is 0 Å². The molecule has 0 aliphatic heterocycles. The lowest BCUT2D eigenvalue weighted by Crippen LogP contribution is -2.11. The Bertz CT molecular complexity index is 1100. The van der Waals surface area contributed by atoms with Crippen molar-refractivity contribution in [1.82, 2.24) is 9.97 Å². The summed E-state index contributed by atoms with van der Waals surface area (Å²) >= 11 is 1.35. The van der Waals surface area contributed by atoms with Crippen LogP contribution in [0.25, 0.3) is 22.2 Å². The predicted octanol–water partition coefficient (Wildman–Crippen LogP) is 4.87. The van der Waals surface area contributed by atoms with Crippen LogP contribution in [0, 0.1) is 6.92 Å². The molecule has 1 amide bonds. The number of nitrogens with zero attached hydrogens (tertiary/aromatic N) is 1. The summed E-state index contributed by atoms with van der Waals surface area (Å²) in [5.74, 6) is 1.12. The lowest BCUT2D eigenvalue weighted by Gasteiger charge is -2.12. The van der Waals surface area contributed by atoms with E-state index in [0.29, 0.717) is 28.0 Å². The molecule has 0 radical (unpaired) electrons. The number of aryl methyl sites for hydroxylation is 1. The summed E-state index contributed by atoms with van der Waals surface area (Å²) in [4.78, 5) is 20.3. The Kier molecular flexibility index (Phi) is 4.75. The number of amides is 1. The number of anilines is 1. The molecule has 0 fully saturated rings. The second kappa shape index (κ2) is 7.36. The zero-order chi connectivity index (χ0) is 19.7. The van der Waals surface area contributed by atoms with Gasteiger partial charge in [0.25, 0.3) is 5.91 Å². The highest BCUT2D eigenvalue weighted by molar-refractivity contribution is 7.14. The van der Waals surface area contributed by atoms with Gasteiger partial charge in [0.15, 0.2) is 5.13 Å². The zero-order valence-corrected chi connectivity index (χ0v) is 16.5. The fourth-order valence-electron chi connectivity index (χ4n) is 3.10. The second-order valence-electron chi connectivity index (χ2n) is 6.31. The van der Waals surface area contributed by atoms with Gasteiger partial charge in [-0.1, -0.05) is 18.2 Å². The molecule has 0 spiro atoms. The summed E-state index contributed by atoms with van der Waals surface area (Å²) in [6.07, 6.45) is 0. The Morgan fingerprint density at radius 2 is 1.82 bits per heavy atom. The number of thiazole rings is 1. The van der Waals surface area contributed by atoms with Gasteiger partial charge in [-0.15, -0.1) is 11.3 Å². The van der Waals surface area contributed by atoms with Crippen LogP contribution in [0.3, 0.4) is 0 Å². The van der Waals surface area contributed by atoms with Crippen molar-refractivity contribution >= 4 is 33.3 Å². The largest absolute Gasteiger partial charge is 0.496 e. The molecule has 0 saturated heterocycles. The molecule has 4 rings (SSSR count). The first-order valence-electron chi connectivity index (χ1n) is 8.66. The second-order valence-corrected chi connectivity index (χ2v) is 7.16. The van der Waals surface area contributed by atoms with Gasteiger partial charge in [-0.2, -0.15) is 0 Å². The van der Waals surface area contributed by atoms with Crippen LogP contribution in [0.5, 0.6) is 11.5 Å². The van der Waals surface area contributed by atoms with Gasteiger partial charge in [0.05, 0.1) is 25.5 Å². The first-order valence-corrected chi connectivity index (χ1v) is 9.54. The van der Waals surface area contributed by atoms with Crippen molar-refractivity contribution in [1.29, 1.82) is 0 Å². The number of aromatic nitrogens is 2. The number of nitrogens with one attached hydrogen (secondary N) is 2. The Labute approximate surface area is 166 Å². The summed E-state index contributed by atoms with van der Waals surface area (Å²) in [5.41, 5.74) is 3.88. The van der Waals surface area contributed by atoms with Gasteiger partial charge in [0, 0.05) is 16.3 Å². The summed E-state index contributed by atoms with van der Waals surface area (Å²) in [6.45, 7) is 1.97. The number of aromatic amines is 1. The molecule has 0 saturated carbocycles. The minimum absolute atomic E-state index is 0.236. The Morgan fingerprint density at radius 1 is 1.11 bits per heavy atom. The fourth-order valence-corrected chi connectivity index (χ4v) is 3.80. The van der Waals surface area contributed by atoms with Gasteiger partial charge in [-0.3, -0.25) is 10.1 Å². The first kappa shape index (κ1) is 18.1. The smallest absolute Gasteiger partial charge is 0.273 e. The summed E-state index contributed by atoms with van der Waals surface area (Å²) in [7, 11) is 3.23. The summed E-state index contributed by atoms with van der Waals surface area (Å²) in [6, 6.07) is 13.4. The molecule has 7 heteroatoms. The number of methoxy groups -OCH3 is 2. The van der Waals surface area contributed by atoms with E-state index in [4.69, 9.17) is 9.47 Å². The van der Waals surface area contributed by atoms with Crippen LogP contribution < -0.4 is 14.8 Å². The number of hydrogen-bond acceptors (Lipinski definition) is 5. The normalized spacial score (nSPS) is 10.8. The molecule has 2 N–H and O–H groups in total. The maximum absolute atomic E-state index is 12.6. The Morgan fingerprint density at radius 3 is 2.50 bits per heavy atom. The standard InChI is InChI=1S/C21H19N3O3S/c1-12-8-17(26-2)19(18(9-12)27-3)16-11-28-21(23-16)24-20(25)15-10-13-6-4-5-7-14(13)22-15/h4-11,22H,1-3H3,(H,23,24,25). The van der Waals surface area contributed by atoms with Crippen LogP contribution in [0.15, 0.2) is 47.8 Å². The van der Waals surface area contributed by atoms with Gasteiger partial charge >= 0.3 is 0 Å². The molecule has 0 unspecified atom stereocenters. The average Bonchev–Trinajstić information content (AvgIpc) is 3.33. The van der Waals surface area contributed by atoms with E-state index in [-0.39, 0.29) is 5.91 Å². The highest BCUT2D eigenvalue weighted by Gasteiger charge is 2.18. The number of para-hydroxylation sites is 1. The quantitative estimate of drug-likeness (QED) is 0.507. The van der Waals surface area contributed by atoms with Gasteiger partial charge in [0.1, 0.15) is 17.2 Å². The average molecular weight is 393 g/mol. The lowest BCUT2D eigenvalue weighted by molar-refractivity contribution is 0.102. The van der Waals surface area contributed by atoms with Gasteiger partial charge < -0.3 is 14.5 Å². The molecule has 0 aliphatic carbocycles. The topological polar surface area (TPSA) is 76.2 Å². The number of carbonyl (C=O) groups excluding carboxylic acids is 1. The van der Waals surface area contributed by atoms with Crippen LogP contribution in [-0.2, 0) is 0 Å². The molecule has 0 atom stereocenters. The van der Waals surface area contributed by atoms with E-state index < -0.39 is 0 Å². The molecule has 2 aromatic heterocycles. The number of hydrogen-bond donors (Lipinski definition) is 2. The molecule has 2 heterocycles. The third-order valence-electron chi connectivity index (χ3n) is 4.41. The molecule has 0 bridgehead atoms. The van der Waals surface area contributed by atoms with E-state index in [0.717, 1.165) is 22.0 Å². The number of rotatable bonds is 5. The van der Waals surface area contributed by atoms with Crippen LogP contribution in [0.1, 0.15) is 16.1 Å². The molecule has 4 aromatic rings. The molecule has 142 valence electrons. The maximum Gasteiger partial charge on any atom is 0.273 e. The minimum Gasteiger partial charge on any atom is -0.496 e. The van der Waals surface area contributed by atoms with E-state index >= 15 is 0 Å². The number of fused-ring (bicyclic) bond motifs is 1. The van der Waals surface area contributed by atoms with Crippen molar-refractivity contribution in [3.63, 3.8) is 0 Å². The monoisotopic (exact) mass is 393 g/mol. The highest BCUT2D eigenvalue weighted by atomic mass is 32.1. The first-order chi connectivity index (χ1) is 13.6. The van der Waals surface area contributed by atoms with Crippen LogP contribution >= 0.6 is 11.3 Å². The molecule has 2 aromatic carbocycles. The number of ether oxygens (including phenoxy) is 2.